The number of carbonyl (C=O) groups excluding carboxylic acids is 2. The van der Waals surface area contributed by atoms with Crippen LogP contribution in [0.15, 0.2) is 22.8 Å². The second-order valence-corrected chi connectivity index (χ2v) is 11.2. The first-order valence-corrected chi connectivity index (χ1v) is 13.6. The Hall–Kier alpha value is -3.41. The highest BCUT2D eigenvalue weighted by molar-refractivity contribution is 5.93. The Balaban J connectivity index is 1.22. The molecular weight excluding hydrogens is 510 g/mol. The van der Waals surface area contributed by atoms with Crippen molar-refractivity contribution in [2.75, 3.05) is 6.61 Å². The van der Waals surface area contributed by atoms with Gasteiger partial charge in [-0.3, -0.25) is 9.59 Å². The van der Waals surface area contributed by atoms with Crippen LogP contribution in [0.4, 0.5) is 8.78 Å². The lowest BCUT2D eigenvalue weighted by atomic mass is 9.79. The molecule has 2 saturated carbocycles. The minimum atomic E-state index is -2.63. The van der Waals surface area contributed by atoms with Crippen LogP contribution in [-0.2, 0) is 9.53 Å². The van der Waals surface area contributed by atoms with Gasteiger partial charge in [-0.15, -0.1) is 0 Å². The molecule has 10 nitrogen and oxygen atoms in total. The molecule has 1 saturated heterocycles. The molecule has 0 bridgehead atoms. The minimum Gasteiger partial charge on any atom is -0.376 e. The third kappa shape index (κ3) is 5.66. The summed E-state index contributed by atoms with van der Waals surface area (Å²) in [5.41, 5.74) is 2.94. The summed E-state index contributed by atoms with van der Waals surface area (Å²) in [5.74, 6) is -2.62. The molecule has 6 rings (SSSR count). The lowest BCUT2D eigenvalue weighted by Gasteiger charge is -2.34. The number of nitrogens with zero attached hydrogens (tertiary/aromatic N) is 3. The quantitative estimate of drug-likeness (QED) is 0.367. The number of hydrogen-bond acceptors (Lipinski definition) is 7. The number of halogens is 2. The molecule has 3 aliphatic rings. The van der Waals surface area contributed by atoms with Gasteiger partial charge in [-0.05, 0) is 73.7 Å². The van der Waals surface area contributed by atoms with Gasteiger partial charge in [0.25, 0.3) is 5.91 Å². The molecule has 3 aromatic rings. The normalized spacial score (nSPS) is 22.7. The Morgan fingerprint density at radius 2 is 1.95 bits per heavy atom. The van der Waals surface area contributed by atoms with Crippen LogP contribution in [0.1, 0.15) is 91.0 Å². The van der Waals surface area contributed by atoms with Gasteiger partial charge in [-0.2, -0.15) is 0 Å². The highest BCUT2D eigenvalue weighted by Crippen LogP contribution is 2.45. The number of benzene rings is 1. The van der Waals surface area contributed by atoms with Crippen molar-refractivity contribution in [2.45, 2.75) is 82.4 Å². The molecule has 2 aliphatic carbocycles. The third-order valence-corrected chi connectivity index (χ3v) is 7.98. The Morgan fingerprint density at radius 1 is 1.13 bits per heavy atom. The molecule has 3 fully saturated rings. The lowest BCUT2D eigenvalue weighted by Crippen LogP contribution is -2.40. The number of rotatable bonds is 9. The molecule has 3 heterocycles. The first kappa shape index (κ1) is 25.8. The maximum atomic E-state index is 13.2. The number of alkyl halides is 2. The number of hydrogen-bond donors (Lipinski definition) is 3. The van der Waals surface area contributed by atoms with E-state index < -0.39 is 17.9 Å². The van der Waals surface area contributed by atoms with E-state index >= 15 is 0 Å². The Labute approximate surface area is 223 Å². The second kappa shape index (κ2) is 10.3. The zero-order chi connectivity index (χ0) is 27.1. The van der Waals surface area contributed by atoms with Gasteiger partial charge < -0.3 is 20.4 Å². The van der Waals surface area contributed by atoms with Crippen LogP contribution in [0.2, 0.25) is 0 Å². The summed E-state index contributed by atoms with van der Waals surface area (Å²) in [6.07, 6.45) is 4.14. The van der Waals surface area contributed by atoms with E-state index in [0.29, 0.717) is 24.0 Å². The molecule has 12 heteroatoms. The van der Waals surface area contributed by atoms with Gasteiger partial charge in [-0.1, -0.05) is 11.2 Å². The number of fused-ring (bicyclic) bond motifs is 1. The summed E-state index contributed by atoms with van der Waals surface area (Å²) in [5, 5.41) is 13.5. The predicted octanol–water partition coefficient (Wildman–Crippen LogP) is 4.30. The lowest BCUT2D eigenvalue weighted by molar-refractivity contribution is -0.134. The summed E-state index contributed by atoms with van der Waals surface area (Å²) < 4.78 is 37.1. The molecule has 39 heavy (non-hydrogen) atoms. The van der Waals surface area contributed by atoms with Crippen LogP contribution in [0.3, 0.4) is 0 Å². The fraction of sp³-hybridized carbons (Fsp3) is 0.593. The van der Waals surface area contributed by atoms with Gasteiger partial charge in [0.2, 0.25) is 11.8 Å². The van der Waals surface area contributed by atoms with E-state index in [1.807, 2.05) is 18.2 Å². The van der Waals surface area contributed by atoms with E-state index in [1.54, 1.807) is 6.92 Å². The van der Waals surface area contributed by atoms with Crippen LogP contribution < -0.4 is 10.6 Å². The van der Waals surface area contributed by atoms with Crippen molar-refractivity contribution in [3.05, 3.63) is 41.0 Å². The van der Waals surface area contributed by atoms with E-state index in [-0.39, 0.29) is 48.9 Å². The number of ether oxygens (including phenoxy) is 1. The average Bonchev–Trinajstić information content (AvgIpc) is 3.50. The molecule has 208 valence electrons. The SMILES string of the molecule is Cc1nonc1C(=O)N[C@H](c1nc2ccc([C@H](NC(=O)CC3CC(F)(F)C3)C3CC3)cc2[nH]1)[C@H]1CCCCO1. The van der Waals surface area contributed by atoms with Gasteiger partial charge in [-0.25, -0.2) is 18.4 Å². The Bertz CT molecular complexity index is 1360. The smallest absolute Gasteiger partial charge is 0.276 e. The van der Waals surface area contributed by atoms with Crippen molar-refractivity contribution >= 4 is 22.8 Å². The summed E-state index contributed by atoms with van der Waals surface area (Å²) in [7, 11) is 0. The monoisotopic (exact) mass is 542 g/mol. The number of nitrogens with one attached hydrogen (secondary N) is 3. The van der Waals surface area contributed by atoms with Crippen LogP contribution in [0, 0.1) is 18.8 Å². The molecule has 3 atom stereocenters. The Kier molecular flexibility index (Phi) is 6.82. The van der Waals surface area contributed by atoms with Crippen LogP contribution in [0.25, 0.3) is 11.0 Å². The zero-order valence-electron chi connectivity index (χ0n) is 21.7. The molecule has 0 spiro atoms. The van der Waals surface area contributed by atoms with Gasteiger partial charge >= 0.3 is 0 Å². The topological polar surface area (TPSA) is 135 Å². The van der Waals surface area contributed by atoms with Gasteiger partial charge in [0.15, 0.2) is 5.69 Å². The van der Waals surface area contributed by atoms with Crippen molar-refractivity contribution in [3.63, 3.8) is 0 Å². The number of aromatic amines is 1. The summed E-state index contributed by atoms with van der Waals surface area (Å²) in [4.78, 5) is 33.8. The van der Waals surface area contributed by atoms with E-state index in [2.05, 4.69) is 25.9 Å². The van der Waals surface area contributed by atoms with Crippen molar-refractivity contribution in [3.8, 4) is 0 Å². The van der Waals surface area contributed by atoms with Crippen molar-refractivity contribution < 1.29 is 27.7 Å². The minimum absolute atomic E-state index is 0.114. The zero-order valence-corrected chi connectivity index (χ0v) is 21.7. The predicted molar refractivity (Wildman–Crippen MR) is 135 cm³/mol. The largest absolute Gasteiger partial charge is 0.376 e. The fourth-order valence-corrected chi connectivity index (χ4v) is 5.73. The van der Waals surface area contributed by atoms with Gasteiger partial charge in [0, 0.05) is 25.9 Å². The average molecular weight is 543 g/mol. The number of aromatic nitrogens is 4. The highest BCUT2D eigenvalue weighted by Gasteiger charge is 2.46. The third-order valence-electron chi connectivity index (χ3n) is 7.98. The highest BCUT2D eigenvalue weighted by atomic mass is 19.3. The second-order valence-electron chi connectivity index (χ2n) is 11.2. The molecule has 3 N–H and O–H groups in total. The molecule has 1 aromatic carbocycles. The number of H-pyrrole nitrogens is 1. The van der Waals surface area contributed by atoms with E-state index in [4.69, 9.17) is 14.3 Å². The molecule has 0 radical (unpaired) electrons. The number of carbonyl (C=O) groups is 2. The summed E-state index contributed by atoms with van der Waals surface area (Å²) >= 11 is 0. The summed E-state index contributed by atoms with van der Waals surface area (Å²) in [6, 6.07) is 5.09. The molecule has 2 amide bonds. The van der Waals surface area contributed by atoms with Crippen LogP contribution in [-0.4, -0.2) is 50.7 Å². The number of amides is 2. The maximum Gasteiger partial charge on any atom is 0.276 e. The number of imidazole rings is 1. The van der Waals surface area contributed by atoms with Crippen LogP contribution in [0.5, 0.6) is 0 Å². The van der Waals surface area contributed by atoms with Crippen molar-refractivity contribution in [1.29, 1.82) is 0 Å². The molecule has 1 aliphatic heterocycles. The van der Waals surface area contributed by atoms with E-state index in [9.17, 15) is 18.4 Å². The maximum absolute atomic E-state index is 13.2. The van der Waals surface area contributed by atoms with Crippen molar-refractivity contribution in [1.82, 2.24) is 30.9 Å². The fourth-order valence-electron chi connectivity index (χ4n) is 5.73. The summed E-state index contributed by atoms with van der Waals surface area (Å²) in [6.45, 7) is 2.25. The molecule has 2 aromatic heterocycles. The van der Waals surface area contributed by atoms with E-state index in [0.717, 1.165) is 48.7 Å². The molecular formula is C27H32F2N6O4. The van der Waals surface area contributed by atoms with Crippen LogP contribution >= 0.6 is 0 Å². The first-order valence-electron chi connectivity index (χ1n) is 13.6. The van der Waals surface area contributed by atoms with Gasteiger partial charge in [0.1, 0.15) is 17.6 Å². The number of aryl methyl sites for hydroxylation is 1. The first-order chi connectivity index (χ1) is 18.8. The van der Waals surface area contributed by atoms with Crippen molar-refractivity contribution in [2.24, 2.45) is 11.8 Å². The molecule has 0 unspecified atom stereocenters. The Morgan fingerprint density at radius 3 is 2.62 bits per heavy atom. The van der Waals surface area contributed by atoms with Gasteiger partial charge in [0.05, 0.1) is 23.2 Å². The standard InChI is InChI=1S/C27H32F2N6O4/c1-14-22(35-39-34-14)26(37)33-24(20-4-2-3-9-38-20)25-30-18-8-7-17(11-19(18)31-25)23(16-5-6-16)32-21(36)10-15-12-27(28,29)13-15/h7-8,11,15-16,20,23-24H,2-6,9-10,12-13H2,1H3,(H,30,31)(H,32,36)(H,33,37)/t20-,23-,24+/m1/s1. The van der Waals surface area contributed by atoms with E-state index in [1.165, 1.54) is 0 Å².